The Balaban J connectivity index is 1.37. The number of nitrogens with one attached hydrogen (secondary N) is 2. The first-order valence-electron chi connectivity index (χ1n) is 7.53. The zero-order valence-corrected chi connectivity index (χ0v) is 12.5. The molecule has 0 bridgehead atoms. The monoisotopic (exact) mass is 308 g/mol. The fraction of sp³-hybridized carbons (Fsp3) is 0.167. The van der Waals surface area contributed by atoms with Crippen LogP contribution in [0.15, 0.2) is 48.7 Å². The summed E-state index contributed by atoms with van der Waals surface area (Å²) in [6, 6.07) is 13.5. The lowest BCUT2D eigenvalue weighted by Crippen LogP contribution is -2.25. The molecular weight excluding hydrogens is 292 g/mol. The maximum absolute atomic E-state index is 12.2. The fourth-order valence-corrected chi connectivity index (χ4v) is 2.72. The van der Waals surface area contributed by atoms with Crippen LogP contribution in [0.3, 0.4) is 0 Å². The van der Waals surface area contributed by atoms with Crippen LogP contribution < -0.4 is 14.8 Å². The summed E-state index contributed by atoms with van der Waals surface area (Å²) in [5, 5.41) is 4.12. The minimum atomic E-state index is -0.106. The number of benzene rings is 2. The van der Waals surface area contributed by atoms with Gasteiger partial charge < -0.3 is 19.8 Å². The molecule has 1 aromatic heterocycles. The first-order valence-corrected chi connectivity index (χ1v) is 7.53. The number of amides is 1. The first-order chi connectivity index (χ1) is 11.3. The van der Waals surface area contributed by atoms with Crippen molar-refractivity contribution >= 4 is 16.8 Å². The Morgan fingerprint density at radius 1 is 1.09 bits per heavy atom. The summed E-state index contributed by atoms with van der Waals surface area (Å²) in [5.74, 6) is 1.20. The largest absolute Gasteiger partial charge is 0.454 e. The Labute approximate surface area is 133 Å². The lowest BCUT2D eigenvalue weighted by atomic mass is 10.1. The molecular formula is C18H16N2O3. The van der Waals surface area contributed by atoms with Gasteiger partial charge in [-0.3, -0.25) is 4.79 Å². The van der Waals surface area contributed by atoms with E-state index in [2.05, 4.69) is 28.5 Å². The van der Waals surface area contributed by atoms with Gasteiger partial charge in [0, 0.05) is 23.8 Å². The van der Waals surface area contributed by atoms with Gasteiger partial charge >= 0.3 is 0 Å². The summed E-state index contributed by atoms with van der Waals surface area (Å²) >= 11 is 0. The standard InChI is InChI=1S/C18H16N2O3/c21-18(14-2-4-16-17(10-14)23-11-22-16)20-7-5-12-1-3-15-13(9-12)6-8-19-15/h1-4,6,8-10,19H,5,7,11H2,(H,20,21). The number of aromatic amines is 1. The van der Waals surface area contributed by atoms with Gasteiger partial charge in [-0.2, -0.15) is 0 Å². The van der Waals surface area contributed by atoms with Gasteiger partial charge in [-0.1, -0.05) is 6.07 Å². The average molecular weight is 308 g/mol. The van der Waals surface area contributed by atoms with Gasteiger partial charge in [-0.15, -0.1) is 0 Å². The van der Waals surface area contributed by atoms with Crippen LogP contribution in [0, 0.1) is 0 Å². The van der Waals surface area contributed by atoms with Gasteiger partial charge in [0.1, 0.15) is 0 Å². The van der Waals surface area contributed by atoms with Crippen molar-refractivity contribution in [3.63, 3.8) is 0 Å². The summed E-state index contributed by atoms with van der Waals surface area (Å²) in [4.78, 5) is 15.4. The lowest BCUT2D eigenvalue weighted by Gasteiger charge is -2.06. The number of carbonyl (C=O) groups excluding carboxylic acids is 1. The van der Waals surface area contributed by atoms with Crippen molar-refractivity contribution in [3.8, 4) is 11.5 Å². The number of hydrogen-bond donors (Lipinski definition) is 2. The predicted octanol–water partition coefficient (Wildman–Crippen LogP) is 2.87. The van der Waals surface area contributed by atoms with E-state index in [-0.39, 0.29) is 12.7 Å². The molecule has 4 rings (SSSR count). The van der Waals surface area contributed by atoms with E-state index in [4.69, 9.17) is 9.47 Å². The summed E-state index contributed by atoms with van der Waals surface area (Å²) in [5.41, 5.74) is 2.90. The fourth-order valence-electron chi connectivity index (χ4n) is 2.72. The Kier molecular flexibility index (Phi) is 3.38. The van der Waals surface area contributed by atoms with E-state index < -0.39 is 0 Å². The Bertz CT molecular complexity index is 870. The average Bonchev–Trinajstić information content (AvgIpc) is 3.22. The third-order valence-electron chi connectivity index (χ3n) is 3.95. The van der Waals surface area contributed by atoms with Crippen LogP contribution in [-0.2, 0) is 6.42 Å². The smallest absolute Gasteiger partial charge is 0.251 e. The zero-order chi connectivity index (χ0) is 15.6. The quantitative estimate of drug-likeness (QED) is 0.779. The lowest BCUT2D eigenvalue weighted by molar-refractivity contribution is 0.0953. The number of fused-ring (bicyclic) bond motifs is 2. The predicted molar refractivity (Wildman–Crippen MR) is 86.9 cm³/mol. The van der Waals surface area contributed by atoms with Gasteiger partial charge in [0.05, 0.1) is 0 Å². The molecule has 5 nitrogen and oxygen atoms in total. The molecule has 0 unspecified atom stereocenters. The molecule has 3 aromatic rings. The van der Waals surface area contributed by atoms with E-state index in [9.17, 15) is 4.79 Å². The van der Waals surface area contributed by atoms with Crippen LogP contribution in [0.4, 0.5) is 0 Å². The van der Waals surface area contributed by atoms with Crippen molar-refractivity contribution in [2.24, 2.45) is 0 Å². The highest BCUT2D eigenvalue weighted by molar-refractivity contribution is 5.94. The third-order valence-corrected chi connectivity index (χ3v) is 3.95. The second-order valence-electron chi connectivity index (χ2n) is 5.47. The van der Waals surface area contributed by atoms with Crippen molar-refractivity contribution in [1.82, 2.24) is 10.3 Å². The Morgan fingerprint density at radius 3 is 2.96 bits per heavy atom. The van der Waals surface area contributed by atoms with E-state index in [1.54, 1.807) is 18.2 Å². The van der Waals surface area contributed by atoms with Crippen LogP contribution in [0.2, 0.25) is 0 Å². The number of ether oxygens (including phenoxy) is 2. The number of H-pyrrole nitrogens is 1. The van der Waals surface area contributed by atoms with Crippen LogP contribution in [0.25, 0.3) is 10.9 Å². The van der Waals surface area contributed by atoms with Crippen LogP contribution >= 0.6 is 0 Å². The minimum absolute atomic E-state index is 0.106. The molecule has 2 heterocycles. The summed E-state index contributed by atoms with van der Waals surface area (Å²) in [6.07, 6.45) is 2.72. The van der Waals surface area contributed by atoms with Gasteiger partial charge in [-0.05, 0) is 53.8 Å². The summed E-state index contributed by atoms with van der Waals surface area (Å²) in [7, 11) is 0. The molecule has 0 saturated heterocycles. The molecule has 116 valence electrons. The first kappa shape index (κ1) is 13.7. The molecule has 2 N–H and O–H groups in total. The molecule has 1 amide bonds. The number of rotatable bonds is 4. The molecule has 2 aromatic carbocycles. The maximum atomic E-state index is 12.2. The molecule has 0 spiro atoms. The van der Waals surface area contributed by atoms with E-state index in [0.717, 1.165) is 11.9 Å². The van der Waals surface area contributed by atoms with E-state index >= 15 is 0 Å². The third kappa shape index (κ3) is 2.73. The highest BCUT2D eigenvalue weighted by atomic mass is 16.7. The van der Waals surface area contributed by atoms with Gasteiger partial charge in [-0.25, -0.2) is 0 Å². The molecule has 23 heavy (non-hydrogen) atoms. The number of hydrogen-bond acceptors (Lipinski definition) is 3. The van der Waals surface area contributed by atoms with Gasteiger partial charge in [0.25, 0.3) is 5.91 Å². The van der Waals surface area contributed by atoms with Crippen LogP contribution in [-0.4, -0.2) is 24.2 Å². The van der Waals surface area contributed by atoms with Crippen molar-refractivity contribution in [1.29, 1.82) is 0 Å². The summed E-state index contributed by atoms with van der Waals surface area (Å²) < 4.78 is 10.5. The van der Waals surface area contributed by atoms with Crippen molar-refractivity contribution in [3.05, 3.63) is 59.8 Å². The number of carbonyl (C=O) groups is 1. The molecule has 1 aliphatic heterocycles. The van der Waals surface area contributed by atoms with Crippen molar-refractivity contribution in [2.75, 3.05) is 13.3 Å². The molecule has 0 radical (unpaired) electrons. The Morgan fingerprint density at radius 2 is 2.00 bits per heavy atom. The zero-order valence-electron chi connectivity index (χ0n) is 12.5. The van der Waals surface area contributed by atoms with E-state index in [0.29, 0.717) is 23.6 Å². The SMILES string of the molecule is O=C(NCCc1ccc2[nH]ccc2c1)c1ccc2c(c1)OCO2. The molecule has 0 aliphatic carbocycles. The molecule has 5 heteroatoms. The van der Waals surface area contributed by atoms with Gasteiger partial charge in [0.15, 0.2) is 11.5 Å². The molecule has 1 aliphatic rings. The highest BCUT2D eigenvalue weighted by Gasteiger charge is 2.15. The van der Waals surface area contributed by atoms with E-state index in [1.807, 2.05) is 12.3 Å². The highest BCUT2D eigenvalue weighted by Crippen LogP contribution is 2.32. The van der Waals surface area contributed by atoms with Crippen LogP contribution in [0.5, 0.6) is 11.5 Å². The van der Waals surface area contributed by atoms with Gasteiger partial charge in [0.2, 0.25) is 6.79 Å². The minimum Gasteiger partial charge on any atom is -0.454 e. The van der Waals surface area contributed by atoms with Crippen molar-refractivity contribution < 1.29 is 14.3 Å². The molecule has 0 saturated carbocycles. The second-order valence-corrected chi connectivity index (χ2v) is 5.47. The summed E-state index contributed by atoms with van der Waals surface area (Å²) in [6.45, 7) is 0.797. The number of aromatic nitrogens is 1. The topological polar surface area (TPSA) is 63.4 Å². The van der Waals surface area contributed by atoms with Crippen LogP contribution in [0.1, 0.15) is 15.9 Å². The van der Waals surface area contributed by atoms with Crippen molar-refractivity contribution in [2.45, 2.75) is 6.42 Å². The second kappa shape index (κ2) is 5.68. The van der Waals surface area contributed by atoms with E-state index in [1.165, 1.54) is 10.9 Å². The Hall–Kier alpha value is -2.95. The molecule has 0 fully saturated rings. The molecule has 0 atom stereocenters. The maximum Gasteiger partial charge on any atom is 0.251 e. The normalized spacial score (nSPS) is 12.5.